The first-order valence-electron chi connectivity index (χ1n) is 5.56. The van der Waals surface area contributed by atoms with Crippen LogP contribution in [-0.2, 0) is 0 Å². The molecule has 4 heteroatoms. The molecule has 90 valence electrons. The number of methoxy groups -OCH3 is 1. The van der Waals surface area contributed by atoms with Crippen molar-refractivity contribution in [2.24, 2.45) is 0 Å². The third kappa shape index (κ3) is 1.54. The number of nitrogens with zero attached hydrogens (tertiary/aromatic N) is 1. The number of hydrogen-bond acceptors (Lipinski definition) is 2. The van der Waals surface area contributed by atoms with Gasteiger partial charge in [0.05, 0.1) is 7.11 Å². The van der Waals surface area contributed by atoms with Crippen LogP contribution in [0.1, 0.15) is 0 Å². The van der Waals surface area contributed by atoms with E-state index in [4.69, 9.17) is 4.74 Å². The van der Waals surface area contributed by atoms with Gasteiger partial charge in [-0.15, -0.1) is 0 Å². The van der Waals surface area contributed by atoms with E-state index in [2.05, 4.69) is 9.97 Å². The lowest BCUT2D eigenvalue weighted by Crippen LogP contribution is -1.91. The van der Waals surface area contributed by atoms with Crippen LogP contribution in [0.15, 0.2) is 42.7 Å². The van der Waals surface area contributed by atoms with Crippen molar-refractivity contribution in [1.82, 2.24) is 9.97 Å². The van der Waals surface area contributed by atoms with Gasteiger partial charge in [0.1, 0.15) is 11.3 Å². The number of H-pyrrole nitrogens is 1. The molecule has 0 radical (unpaired) electrons. The summed E-state index contributed by atoms with van der Waals surface area (Å²) in [5.74, 6) is 0.252. The van der Waals surface area contributed by atoms with Gasteiger partial charge in [0, 0.05) is 28.9 Å². The summed E-state index contributed by atoms with van der Waals surface area (Å²) in [6.45, 7) is 0. The minimum atomic E-state index is -0.257. The van der Waals surface area contributed by atoms with Crippen LogP contribution in [0, 0.1) is 5.82 Å². The molecule has 0 aliphatic rings. The van der Waals surface area contributed by atoms with Crippen molar-refractivity contribution in [3.63, 3.8) is 0 Å². The molecule has 0 aliphatic carbocycles. The Hall–Kier alpha value is -2.36. The van der Waals surface area contributed by atoms with Crippen LogP contribution in [0.25, 0.3) is 22.0 Å². The topological polar surface area (TPSA) is 37.9 Å². The van der Waals surface area contributed by atoms with Crippen molar-refractivity contribution in [2.75, 3.05) is 7.11 Å². The van der Waals surface area contributed by atoms with Crippen molar-refractivity contribution in [3.05, 3.63) is 48.5 Å². The number of aromatic amines is 1. The van der Waals surface area contributed by atoms with E-state index in [1.165, 1.54) is 6.07 Å². The Balaban J connectivity index is 2.31. The summed E-state index contributed by atoms with van der Waals surface area (Å²) >= 11 is 0. The van der Waals surface area contributed by atoms with E-state index in [9.17, 15) is 4.39 Å². The van der Waals surface area contributed by atoms with Gasteiger partial charge in [0.15, 0.2) is 0 Å². The minimum Gasteiger partial charge on any atom is -0.479 e. The smallest absolute Gasteiger partial charge is 0.238 e. The zero-order valence-corrected chi connectivity index (χ0v) is 9.77. The second-order valence-electron chi connectivity index (χ2n) is 3.93. The number of halogens is 1. The number of hydrogen-bond donors (Lipinski definition) is 1. The van der Waals surface area contributed by atoms with Gasteiger partial charge in [-0.3, -0.25) is 0 Å². The number of benzene rings is 1. The highest BCUT2D eigenvalue weighted by atomic mass is 19.1. The predicted molar refractivity (Wildman–Crippen MR) is 68.0 cm³/mol. The van der Waals surface area contributed by atoms with Gasteiger partial charge in [0.25, 0.3) is 0 Å². The summed E-state index contributed by atoms with van der Waals surface area (Å²) in [7, 11) is 1.56. The van der Waals surface area contributed by atoms with Crippen molar-refractivity contribution < 1.29 is 9.13 Å². The van der Waals surface area contributed by atoms with Crippen molar-refractivity contribution in [2.45, 2.75) is 0 Å². The predicted octanol–water partition coefficient (Wildman–Crippen LogP) is 3.38. The SMILES string of the molecule is COc1ncc(-c2ccccc2F)c2cc[nH]c12. The molecule has 0 unspecified atom stereocenters. The fraction of sp³-hybridized carbons (Fsp3) is 0.0714. The number of rotatable bonds is 2. The van der Waals surface area contributed by atoms with E-state index >= 15 is 0 Å². The summed E-state index contributed by atoms with van der Waals surface area (Å²) in [5.41, 5.74) is 2.07. The molecule has 0 amide bonds. The third-order valence-electron chi connectivity index (χ3n) is 2.92. The number of aromatic nitrogens is 2. The molecule has 2 heterocycles. The Morgan fingerprint density at radius 1 is 1.17 bits per heavy atom. The first kappa shape index (κ1) is 10.8. The van der Waals surface area contributed by atoms with Crippen LogP contribution in [0.3, 0.4) is 0 Å². The average molecular weight is 242 g/mol. The highest BCUT2D eigenvalue weighted by Crippen LogP contribution is 2.32. The van der Waals surface area contributed by atoms with Crippen molar-refractivity contribution in [1.29, 1.82) is 0 Å². The van der Waals surface area contributed by atoms with E-state index in [0.717, 1.165) is 16.5 Å². The van der Waals surface area contributed by atoms with Gasteiger partial charge < -0.3 is 9.72 Å². The highest BCUT2D eigenvalue weighted by Gasteiger charge is 2.12. The first-order chi connectivity index (χ1) is 8.81. The summed E-state index contributed by atoms with van der Waals surface area (Å²) in [6.07, 6.45) is 3.42. The van der Waals surface area contributed by atoms with Gasteiger partial charge in [-0.2, -0.15) is 0 Å². The van der Waals surface area contributed by atoms with E-state index < -0.39 is 0 Å². The second-order valence-corrected chi connectivity index (χ2v) is 3.93. The monoisotopic (exact) mass is 242 g/mol. The largest absolute Gasteiger partial charge is 0.479 e. The molecule has 1 aromatic carbocycles. The molecule has 3 nitrogen and oxygen atoms in total. The number of pyridine rings is 1. The molecule has 0 atom stereocenters. The van der Waals surface area contributed by atoms with Gasteiger partial charge in [0.2, 0.25) is 5.88 Å². The molecule has 0 fully saturated rings. The van der Waals surface area contributed by atoms with E-state index in [1.807, 2.05) is 6.07 Å². The van der Waals surface area contributed by atoms with E-state index in [0.29, 0.717) is 11.4 Å². The lowest BCUT2D eigenvalue weighted by Gasteiger charge is -2.07. The molecule has 0 spiro atoms. The Labute approximate surface area is 103 Å². The van der Waals surface area contributed by atoms with Crippen LogP contribution in [0.4, 0.5) is 4.39 Å². The summed E-state index contributed by atoms with van der Waals surface area (Å²) in [6, 6.07) is 8.55. The molecular formula is C14H11FN2O. The quantitative estimate of drug-likeness (QED) is 0.748. The van der Waals surface area contributed by atoms with E-state index in [-0.39, 0.29) is 5.82 Å². The molecule has 0 bridgehead atoms. The van der Waals surface area contributed by atoms with Crippen molar-refractivity contribution in [3.8, 4) is 17.0 Å². The molecule has 1 N–H and O–H groups in total. The van der Waals surface area contributed by atoms with Crippen LogP contribution in [-0.4, -0.2) is 17.1 Å². The molecule has 0 saturated heterocycles. The molecule has 0 aliphatic heterocycles. The Morgan fingerprint density at radius 3 is 2.78 bits per heavy atom. The maximum Gasteiger partial charge on any atom is 0.238 e. The maximum absolute atomic E-state index is 13.8. The first-order valence-corrected chi connectivity index (χ1v) is 5.56. The number of nitrogens with one attached hydrogen (secondary N) is 1. The Morgan fingerprint density at radius 2 is 2.00 bits per heavy atom. The van der Waals surface area contributed by atoms with Crippen LogP contribution in [0.2, 0.25) is 0 Å². The molecule has 3 rings (SSSR count). The minimum absolute atomic E-state index is 0.257. The van der Waals surface area contributed by atoms with E-state index in [1.54, 1.807) is 37.7 Å². The molecule has 18 heavy (non-hydrogen) atoms. The number of fused-ring (bicyclic) bond motifs is 1. The standard InChI is InChI=1S/C14H11FN2O/c1-18-14-13-10(6-7-16-13)11(8-17-14)9-4-2-3-5-12(9)15/h2-8,16H,1H3. The normalized spacial score (nSPS) is 10.8. The second kappa shape index (κ2) is 4.14. The highest BCUT2D eigenvalue weighted by molar-refractivity contribution is 5.97. The third-order valence-corrected chi connectivity index (χ3v) is 2.92. The van der Waals surface area contributed by atoms with Gasteiger partial charge in [-0.05, 0) is 12.1 Å². The summed E-state index contributed by atoms with van der Waals surface area (Å²) in [5, 5.41) is 0.895. The zero-order valence-electron chi connectivity index (χ0n) is 9.77. The van der Waals surface area contributed by atoms with Gasteiger partial charge in [-0.25, -0.2) is 9.37 Å². The summed E-state index contributed by atoms with van der Waals surface area (Å²) in [4.78, 5) is 7.25. The molecule has 2 aromatic heterocycles. The molecular weight excluding hydrogens is 231 g/mol. The maximum atomic E-state index is 13.8. The molecule has 0 saturated carbocycles. The van der Waals surface area contributed by atoms with Crippen molar-refractivity contribution >= 4 is 10.9 Å². The lowest BCUT2D eigenvalue weighted by atomic mass is 10.0. The summed E-state index contributed by atoms with van der Waals surface area (Å²) < 4.78 is 19.0. The number of ether oxygens (including phenoxy) is 1. The zero-order chi connectivity index (χ0) is 12.5. The van der Waals surface area contributed by atoms with Gasteiger partial charge >= 0.3 is 0 Å². The van der Waals surface area contributed by atoms with Crippen LogP contribution < -0.4 is 4.74 Å². The van der Waals surface area contributed by atoms with Crippen LogP contribution in [0.5, 0.6) is 5.88 Å². The van der Waals surface area contributed by atoms with Crippen LogP contribution >= 0.6 is 0 Å². The molecule has 3 aromatic rings. The fourth-order valence-electron chi connectivity index (χ4n) is 2.08. The Kier molecular flexibility index (Phi) is 2.48. The Bertz CT molecular complexity index is 706. The van der Waals surface area contributed by atoms with Gasteiger partial charge in [-0.1, -0.05) is 18.2 Å². The lowest BCUT2D eigenvalue weighted by molar-refractivity contribution is 0.402. The average Bonchev–Trinajstić information content (AvgIpc) is 2.88. The fourth-order valence-corrected chi connectivity index (χ4v) is 2.08.